The zero-order chi connectivity index (χ0) is 12.1. The minimum Gasteiger partial charge on any atom is -0.373 e. The lowest BCUT2D eigenvalue weighted by molar-refractivity contribution is 0.703. The molecule has 0 aliphatic carbocycles. The molecule has 2 rings (SSSR count). The van der Waals surface area contributed by atoms with E-state index in [0.29, 0.717) is 0 Å². The average Bonchev–Trinajstić information content (AvgIpc) is 2.40. The van der Waals surface area contributed by atoms with Gasteiger partial charge in [0.1, 0.15) is 0 Å². The molecule has 0 bridgehead atoms. The minimum absolute atomic E-state index is 0.0430. The number of para-hydroxylation sites is 1. The first kappa shape index (κ1) is 11.7. The first-order valence-corrected chi connectivity index (χ1v) is 5.84. The van der Waals surface area contributed by atoms with Crippen LogP contribution in [-0.4, -0.2) is 13.6 Å². The van der Waals surface area contributed by atoms with E-state index in [4.69, 9.17) is 5.73 Å². The molecule has 2 N–H and O–H groups in total. The van der Waals surface area contributed by atoms with E-state index < -0.39 is 0 Å². The van der Waals surface area contributed by atoms with Gasteiger partial charge in [-0.1, -0.05) is 48.5 Å². The summed E-state index contributed by atoms with van der Waals surface area (Å²) >= 11 is 0. The summed E-state index contributed by atoms with van der Waals surface area (Å²) in [5.74, 6) is 0. The fourth-order valence-electron chi connectivity index (χ4n) is 1.89. The molecule has 2 heteroatoms. The third kappa shape index (κ3) is 3.08. The van der Waals surface area contributed by atoms with Crippen molar-refractivity contribution in [1.82, 2.24) is 0 Å². The third-order valence-corrected chi connectivity index (χ3v) is 2.90. The van der Waals surface area contributed by atoms with Crippen molar-refractivity contribution < 1.29 is 0 Å². The molecule has 88 valence electrons. The van der Waals surface area contributed by atoms with Gasteiger partial charge in [-0.3, -0.25) is 0 Å². The highest BCUT2D eigenvalue weighted by atomic mass is 15.1. The Balaban J connectivity index is 2.02. The van der Waals surface area contributed by atoms with Crippen molar-refractivity contribution in [2.24, 2.45) is 5.73 Å². The minimum atomic E-state index is 0.0430. The van der Waals surface area contributed by atoms with Gasteiger partial charge in [-0.05, 0) is 17.7 Å². The van der Waals surface area contributed by atoms with E-state index in [2.05, 4.69) is 36.2 Å². The lowest BCUT2D eigenvalue weighted by Crippen LogP contribution is -2.28. The number of rotatable bonds is 4. The largest absolute Gasteiger partial charge is 0.373 e. The summed E-state index contributed by atoms with van der Waals surface area (Å²) in [5, 5.41) is 0. The van der Waals surface area contributed by atoms with Crippen LogP contribution in [0.4, 0.5) is 5.69 Å². The summed E-state index contributed by atoms with van der Waals surface area (Å²) in [6.45, 7) is 0.814. The van der Waals surface area contributed by atoms with Crippen molar-refractivity contribution in [2.75, 3.05) is 18.5 Å². The van der Waals surface area contributed by atoms with Crippen LogP contribution in [0.5, 0.6) is 0 Å². The summed E-state index contributed by atoms with van der Waals surface area (Å²) in [5.41, 5.74) is 8.56. The highest BCUT2D eigenvalue weighted by Crippen LogP contribution is 2.16. The first-order chi connectivity index (χ1) is 8.27. The molecule has 0 spiro atoms. The van der Waals surface area contributed by atoms with Crippen molar-refractivity contribution in [3.63, 3.8) is 0 Å². The standard InChI is InChI=1S/C15H18N2/c1-17(14-10-6-3-7-11-14)12-15(16)13-8-4-2-5-9-13/h2-11,15H,12,16H2,1H3/t15-/m0/s1. The van der Waals surface area contributed by atoms with E-state index in [1.807, 2.05) is 36.4 Å². The normalized spacial score (nSPS) is 12.1. The molecule has 0 unspecified atom stereocenters. The fraction of sp³-hybridized carbons (Fsp3) is 0.200. The van der Waals surface area contributed by atoms with Crippen molar-refractivity contribution in [3.8, 4) is 0 Å². The molecule has 0 fully saturated rings. The molecular formula is C15H18N2. The summed E-state index contributed by atoms with van der Waals surface area (Å²) in [6, 6.07) is 20.5. The van der Waals surface area contributed by atoms with Crippen LogP contribution in [0.25, 0.3) is 0 Å². The Bertz CT molecular complexity index is 395. The number of anilines is 1. The highest BCUT2D eigenvalue weighted by Gasteiger charge is 2.08. The van der Waals surface area contributed by atoms with Crippen LogP contribution in [0.15, 0.2) is 60.7 Å². The van der Waals surface area contributed by atoms with Gasteiger partial charge in [0.05, 0.1) is 0 Å². The molecule has 0 heterocycles. The van der Waals surface area contributed by atoms with E-state index in [1.165, 1.54) is 11.3 Å². The Morgan fingerprint density at radius 2 is 1.47 bits per heavy atom. The number of benzene rings is 2. The van der Waals surface area contributed by atoms with Gasteiger partial charge in [-0.2, -0.15) is 0 Å². The quantitative estimate of drug-likeness (QED) is 0.868. The molecule has 2 nitrogen and oxygen atoms in total. The molecule has 0 radical (unpaired) electrons. The number of hydrogen-bond acceptors (Lipinski definition) is 2. The second kappa shape index (κ2) is 5.51. The smallest absolute Gasteiger partial charge is 0.0473 e. The fourth-order valence-corrected chi connectivity index (χ4v) is 1.89. The van der Waals surface area contributed by atoms with Gasteiger partial charge in [0, 0.05) is 25.3 Å². The molecular weight excluding hydrogens is 208 g/mol. The zero-order valence-corrected chi connectivity index (χ0v) is 10.1. The highest BCUT2D eigenvalue weighted by molar-refractivity contribution is 5.45. The average molecular weight is 226 g/mol. The van der Waals surface area contributed by atoms with Crippen LogP contribution in [0.1, 0.15) is 11.6 Å². The van der Waals surface area contributed by atoms with Crippen molar-refractivity contribution in [2.45, 2.75) is 6.04 Å². The van der Waals surface area contributed by atoms with Crippen LogP contribution in [0.2, 0.25) is 0 Å². The van der Waals surface area contributed by atoms with E-state index in [-0.39, 0.29) is 6.04 Å². The summed E-state index contributed by atoms with van der Waals surface area (Å²) in [6.07, 6.45) is 0. The lowest BCUT2D eigenvalue weighted by atomic mass is 10.1. The van der Waals surface area contributed by atoms with Crippen molar-refractivity contribution in [1.29, 1.82) is 0 Å². The molecule has 0 amide bonds. The Hall–Kier alpha value is -1.80. The van der Waals surface area contributed by atoms with Crippen LogP contribution in [-0.2, 0) is 0 Å². The number of likely N-dealkylation sites (N-methyl/N-ethyl adjacent to an activating group) is 1. The topological polar surface area (TPSA) is 29.3 Å². The van der Waals surface area contributed by atoms with Gasteiger partial charge in [0.25, 0.3) is 0 Å². The zero-order valence-electron chi connectivity index (χ0n) is 10.1. The lowest BCUT2D eigenvalue weighted by Gasteiger charge is -2.23. The number of hydrogen-bond donors (Lipinski definition) is 1. The molecule has 0 aliphatic rings. The summed E-state index contributed by atoms with van der Waals surface area (Å²) < 4.78 is 0. The number of nitrogens with zero attached hydrogens (tertiary/aromatic N) is 1. The van der Waals surface area contributed by atoms with E-state index in [0.717, 1.165) is 6.54 Å². The maximum absolute atomic E-state index is 6.19. The molecule has 1 atom stereocenters. The second-order valence-electron chi connectivity index (χ2n) is 4.23. The predicted octanol–water partition coefficient (Wildman–Crippen LogP) is 2.82. The maximum Gasteiger partial charge on any atom is 0.0473 e. The van der Waals surface area contributed by atoms with Crippen molar-refractivity contribution >= 4 is 5.69 Å². The molecule has 0 aromatic heterocycles. The maximum atomic E-state index is 6.19. The van der Waals surface area contributed by atoms with Gasteiger partial charge >= 0.3 is 0 Å². The molecule has 0 aliphatic heterocycles. The van der Waals surface area contributed by atoms with Crippen LogP contribution >= 0.6 is 0 Å². The summed E-state index contributed by atoms with van der Waals surface area (Å²) in [4.78, 5) is 2.18. The van der Waals surface area contributed by atoms with Gasteiger partial charge in [0.15, 0.2) is 0 Å². The third-order valence-electron chi connectivity index (χ3n) is 2.90. The first-order valence-electron chi connectivity index (χ1n) is 5.84. The van der Waals surface area contributed by atoms with Gasteiger partial charge in [-0.25, -0.2) is 0 Å². The van der Waals surface area contributed by atoms with E-state index in [1.54, 1.807) is 0 Å². The van der Waals surface area contributed by atoms with Crippen LogP contribution < -0.4 is 10.6 Å². The Kier molecular flexibility index (Phi) is 3.78. The predicted molar refractivity (Wildman–Crippen MR) is 73.1 cm³/mol. The number of nitrogens with two attached hydrogens (primary N) is 1. The van der Waals surface area contributed by atoms with E-state index in [9.17, 15) is 0 Å². The molecule has 2 aromatic rings. The monoisotopic (exact) mass is 226 g/mol. The second-order valence-corrected chi connectivity index (χ2v) is 4.23. The molecule has 17 heavy (non-hydrogen) atoms. The Morgan fingerprint density at radius 1 is 0.941 bits per heavy atom. The molecule has 0 saturated carbocycles. The van der Waals surface area contributed by atoms with Crippen LogP contribution in [0.3, 0.4) is 0 Å². The SMILES string of the molecule is CN(C[C@H](N)c1ccccc1)c1ccccc1. The van der Waals surface area contributed by atoms with Crippen LogP contribution in [0, 0.1) is 0 Å². The summed E-state index contributed by atoms with van der Waals surface area (Å²) in [7, 11) is 2.07. The van der Waals surface area contributed by atoms with Crippen molar-refractivity contribution in [3.05, 3.63) is 66.2 Å². The van der Waals surface area contributed by atoms with Gasteiger partial charge in [-0.15, -0.1) is 0 Å². The Labute approximate surface area is 103 Å². The molecule has 0 saturated heterocycles. The van der Waals surface area contributed by atoms with E-state index >= 15 is 0 Å². The Morgan fingerprint density at radius 3 is 2.06 bits per heavy atom. The van der Waals surface area contributed by atoms with Gasteiger partial charge < -0.3 is 10.6 Å². The molecule has 2 aromatic carbocycles. The van der Waals surface area contributed by atoms with Gasteiger partial charge in [0.2, 0.25) is 0 Å².